The zero-order chi connectivity index (χ0) is 16.9. The van der Waals surface area contributed by atoms with Gasteiger partial charge in [-0.15, -0.1) is 0 Å². The van der Waals surface area contributed by atoms with Gasteiger partial charge in [0, 0.05) is 19.2 Å². The fourth-order valence-electron chi connectivity index (χ4n) is 2.51. The van der Waals surface area contributed by atoms with Crippen molar-refractivity contribution in [3.05, 3.63) is 35.6 Å². The molecular formula is C17H27FN2O2. The highest BCUT2D eigenvalue weighted by Gasteiger charge is 2.24. The molecule has 5 heteroatoms. The Morgan fingerprint density at radius 3 is 2.50 bits per heavy atom. The molecule has 1 rings (SSSR count). The lowest BCUT2D eigenvalue weighted by Crippen LogP contribution is -2.43. The minimum Gasteiger partial charge on any atom is -0.393 e. The number of amides is 2. The van der Waals surface area contributed by atoms with Crippen LogP contribution in [0, 0.1) is 11.2 Å². The van der Waals surface area contributed by atoms with E-state index in [2.05, 4.69) is 5.32 Å². The predicted octanol–water partition coefficient (Wildman–Crippen LogP) is 3.33. The fraction of sp³-hybridized carbons (Fsp3) is 0.588. The summed E-state index contributed by atoms with van der Waals surface area (Å²) in [4.78, 5) is 13.7. The first kappa shape index (κ1) is 18.4. The predicted molar refractivity (Wildman–Crippen MR) is 86.1 cm³/mol. The Morgan fingerprint density at radius 1 is 1.36 bits per heavy atom. The minimum absolute atomic E-state index is 0.202. The van der Waals surface area contributed by atoms with Crippen molar-refractivity contribution in [3.8, 4) is 0 Å². The van der Waals surface area contributed by atoms with E-state index in [0.29, 0.717) is 18.5 Å². The van der Waals surface area contributed by atoms with Gasteiger partial charge in [-0.3, -0.25) is 0 Å². The van der Waals surface area contributed by atoms with Crippen molar-refractivity contribution in [2.24, 2.45) is 5.41 Å². The van der Waals surface area contributed by atoms with E-state index in [4.69, 9.17) is 0 Å². The van der Waals surface area contributed by atoms with Gasteiger partial charge in [0.25, 0.3) is 0 Å². The van der Waals surface area contributed by atoms with Crippen molar-refractivity contribution in [2.75, 3.05) is 13.6 Å². The Labute approximate surface area is 132 Å². The summed E-state index contributed by atoms with van der Waals surface area (Å²) in [5.41, 5.74) is 0.287. The first-order valence-electron chi connectivity index (χ1n) is 7.57. The molecule has 0 bridgehead atoms. The van der Waals surface area contributed by atoms with Crippen molar-refractivity contribution in [2.45, 2.75) is 46.3 Å². The van der Waals surface area contributed by atoms with Crippen LogP contribution in [0.5, 0.6) is 0 Å². The molecule has 0 fully saturated rings. The molecule has 2 N–H and O–H groups in total. The molecule has 0 heterocycles. The van der Waals surface area contributed by atoms with E-state index in [9.17, 15) is 14.3 Å². The van der Waals surface area contributed by atoms with E-state index >= 15 is 0 Å². The smallest absolute Gasteiger partial charge is 0.317 e. The van der Waals surface area contributed by atoms with Crippen LogP contribution in [0.1, 0.15) is 45.7 Å². The van der Waals surface area contributed by atoms with Gasteiger partial charge in [0.1, 0.15) is 5.82 Å². The third-order valence-corrected chi connectivity index (χ3v) is 3.82. The molecule has 22 heavy (non-hydrogen) atoms. The maximum atomic E-state index is 13.8. The molecule has 0 saturated heterocycles. The number of hydrogen-bond acceptors (Lipinski definition) is 2. The summed E-state index contributed by atoms with van der Waals surface area (Å²) in [6, 6.07) is 5.84. The van der Waals surface area contributed by atoms with Crippen LogP contribution >= 0.6 is 0 Å². The minimum atomic E-state index is -0.415. The number of benzene rings is 1. The van der Waals surface area contributed by atoms with Gasteiger partial charge >= 0.3 is 6.03 Å². The molecule has 4 nitrogen and oxygen atoms in total. The topological polar surface area (TPSA) is 52.6 Å². The third-order valence-electron chi connectivity index (χ3n) is 3.82. The lowest BCUT2D eigenvalue weighted by molar-refractivity contribution is 0.126. The molecule has 2 atom stereocenters. The summed E-state index contributed by atoms with van der Waals surface area (Å²) in [7, 11) is 1.65. The fourth-order valence-corrected chi connectivity index (χ4v) is 2.51. The van der Waals surface area contributed by atoms with E-state index in [1.54, 1.807) is 39.1 Å². The normalized spacial score (nSPS) is 14.3. The Morgan fingerprint density at radius 2 is 1.95 bits per heavy atom. The third kappa shape index (κ3) is 5.30. The average Bonchev–Trinajstić information content (AvgIpc) is 2.42. The van der Waals surface area contributed by atoms with Gasteiger partial charge < -0.3 is 15.3 Å². The molecule has 0 saturated carbocycles. The summed E-state index contributed by atoms with van der Waals surface area (Å²) in [5.74, 6) is -0.316. The highest BCUT2D eigenvalue weighted by atomic mass is 19.1. The summed E-state index contributed by atoms with van der Waals surface area (Å²) >= 11 is 0. The second kappa shape index (κ2) is 7.58. The number of carbonyl (C=O) groups is 1. The Kier molecular flexibility index (Phi) is 6.35. The molecule has 124 valence electrons. The SMILES string of the molecule is CC(O)CC(C)(C)CNC(=O)N(C)C(C)c1ccccc1F. The number of urea groups is 1. The number of aliphatic hydroxyl groups is 1. The Balaban J connectivity index is 2.64. The number of rotatable bonds is 6. The van der Waals surface area contributed by atoms with Crippen molar-refractivity contribution in [3.63, 3.8) is 0 Å². The van der Waals surface area contributed by atoms with E-state index < -0.39 is 6.10 Å². The second-order valence-electron chi connectivity index (χ2n) is 6.68. The zero-order valence-electron chi connectivity index (χ0n) is 14.1. The average molecular weight is 310 g/mol. The van der Waals surface area contributed by atoms with Crippen molar-refractivity contribution < 1.29 is 14.3 Å². The van der Waals surface area contributed by atoms with E-state index in [-0.39, 0.29) is 23.3 Å². The molecule has 1 aromatic rings. The molecular weight excluding hydrogens is 283 g/mol. The van der Waals surface area contributed by atoms with Crippen LogP contribution in [0.25, 0.3) is 0 Å². The summed E-state index contributed by atoms with van der Waals surface area (Å²) < 4.78 is 13.8. The van der Waals surface area contributed by atoms with Crippen LogP contribution in [0.3, 0.4) is 0 Å². The summed E-state index contributed by atoms with van der Waals surface area (Å²) in [6.45, 7) is 7.94. The Bertz CT molecular complexity index is 503. The number of hydrogen-bond donors (Lipinski definition) is 2. The van der Waals surface area contributed by atoms with Gasteiger partial charge in [-0.2, -0.15) is 0 Å². The highest BCUT2D eigenvalue weighted by Crippen LogP contribution is 2.23. The van der Waals surface area contributed by atoms with E-state index in [1.807, 2.05) is 13.8 Å². The summed E-state index contributed by atoms with van der Waals surface area (Å²) in [5, 5.41) is 12.3. The van der Waals surface area contributed by atoms with Crippen LogP contribution in [-0.2, 0) is 0 Å². The zero-order valence-corrected chi connectivity index (χ0v) is 14.1. The van der Waals surface area contributed by atoms with Gasteiger partial charge in [-0.1, -0.05) is 32.0 Å². The monoisotopic (exact) mass is 310 g/mol. The first-order chi connectivity index (χ1) is 10.1. The van der Waals surface area contributed by atoms with Crippen molar-refractivity contribution >= 4 is 6.03 Å². The van der Waals surface area contributed by atoms with Crippen LogP contribution in [-0.4, -0.2) is 35.7 Å². The van der Waals surface area contributed by atoms with Gasteiger partial charge in [-0.05, 0) is 31.7 Å². The summed E-state index contributed by atoms with van der Waals surface area (Å²) in [6.07, 6.45) is 0.182. The molecule has 2 unspecified atom stereocenters. The second-order valence-corrected chi connectivity index (χ2v) is 6.68. The number of carbonyl (C=O) groups excluding carboxylic acids is 1. The van der Waals surface area contributed by atoms with Crippen LogP contribution in [0.4, 0.5) is 9.18 Å². The van der Waals surface area contributed by atoms with E-state index in [1.165, 1.54) is 11.0 Å². The van der Waals surface area contributed by atoms with Gasteiger partial charge in [0.2, 0.25) is 0 Å². The lowest BCUT2D eigenvalue weighted by atomic mass is 9.87. The molecule has 0 aliphatic carbocycles. The van der Waals surface area contributed by atoms with Gasteiger partial charge in [-0.25, -0.2) is 9.18 Å². The van der Waals surface area contributed by atoms with Crippen LogP contribution in [0.2, 0.25) is 0 Å². The lowest BCUT2D eigenvalue weighted by Gasteiger charge is -2.30. The quantitative estimate of drug-likeness (QED) is 0.847. The van der Waals surface area contributed by atoms with Gasteiger partial charge in [0.05, 0.1) is 12.1 Å². The van der Waals surface area contributed by atoms with Crippen molar-refractivity contribution in [1.82, 2.24) is 10.2 Å². The number of halogens is 1. The number of nitrogens with one attached hydrogen (secondary N) is 1. The number of nitrogens with zero attached hydrogens (tertiary/aromatic N) is 1. The molecule has 0 radical (unpaired) electrons. The molecule has 0 aliphatic rings. The first-order valence-corrected chi connectivity index (χ1v) is 7.57. The van der Waals surface area contributed by atoms with E-state index in [0.717, 1.165) is 0 Å². The molecule has 0 aromatic heterocycles. The Hall–Kier alpha value is -1.62. The number of aliphatic hydroxyl groups excluding tert-OH is 1. The van der Waals surface area contributed by atoms with Crippen molar-refractivity contribution in [1.29, 1.82) is 0 Å². The standard InChI is InChI=1S/C17H27FN2O2/c1-12(21)10-17(3,4)11-19-16(22)20(5)13(2)14-8-6-7-9-15(14)18/h6-9,12-13,21H,10-11H2,1-5H3,(H,19,22). The molecule has 0 spiro atoms. The van der Waals surface area contributed by atoms with Crippen LogP contribution < -0.4 is 5.32 Å². The maximum Gasteiger partial charge on any atom is 0.317 e. The maximum absolute atomic E-state index is 13.8. The largest absolute Gasteiger partial charge is 0.393 e. The molecule has 0 aliphatic heterocycles. The highest BCUT2D eigenvalue weighted by molar-refractivity contribution is 5.74. The van der Waals surface area contributed by atoms with Crippen LogP contribution in [0.15, 0.2) is 24.3 Å². The molecule has 1 aromatic carbocycles. The molecule has 2 amide bonds. The van der Waals surface area contributed by atoms with Gasteiger partial charge in [0.15, 0.2) is 0 Å².